The lowest BCUT2D eigenvalue weighted by Gasteiger charge is -2.02. The molecule has 2 rings (SSSR count). The molecule has 0 aliphatic rings. The highest BCUT2D eigenvalue weighted by Gasteiger charge is 2.11. The summed E-state index contributed by atoms with van der Waals surface area (Å²) in [5.74, 6) is -1.35. The van der Waals surface area contributed by atoms with Crippen molar-refractivity contribution in [1.82, 2.24) is 0 Å². The summed E-state index contributed by atoms with van der Waals surface area (Å²) in [5.41, 5.74) is 1.11. The lowest BCUT2D eigenvalue weighted by molar-refractivity contribution is -0.385. The molecule has 3 N–H and O–H groups in total. The minimum atomic E-state index is -0.704. The first-order valence-electron chi connectivity index (χ1n) is 6.92. The lowest BCUT2D eigenvalue weighted by atomic mass is 10.2. The number of anilines is 1. The maximum Gasteiger partial charge on any atom is 0.271 e. The molecule has 2 aromatic carbocycles. The van der Waals surface area contributed by atoms with Crippen molar-refractivity contribution in [1.29, 1.82) is 5.26 Å². The van der Waals surface area contributed by atoms with Gasteiger partial charge >= 0.3 is 0 Å². The van der Waals surface area contributed by atoms with Gasteiger partial charge in [0, 0.05) is 24.3 Å². The molecule has 0 heterocycles. The van der Waals surface area contributed by atoms with Crippen LogP contribution in [0.15, 0.2) is 51.7 Å². The monoisotopic (exact) mass is 371 g/mol. The number of amidine groups is 1. The van der Waals surface area contributed by atoms with E-state index in [0.29, 0.717) is 0 Å². The standard InChI is InChI=1S/C14H9N7O6/c15-7-14(18-16-10-5-8(20(24)25)1-3-12(10)22)19-17-11-6-9(21(26)27)2-4-13(11)23/h1-6,16,22-23H. The second-order valence-corrected chi connectivity index (χ2v) is 4.75. The molecule has 0 fully saturated rings. The number of nitriles is 1. The number of phenols is 2. The molecule has 0 atom stereocenters. The largest absolute Gasteiger partial charge is 0.506 e. The highest BCUT2D eigenvalue weighted by molar-refractivity contribution is 5.97. The summed E-state index contributed by atoms with van der Waals surface area (Å²) >= 11 is 0. The Labute approximate surface area is 149 Å². The molecule has 0 saturated heterocycles. The minimum absolute atomic E-state index is 0.162. The van der Waals surface area contributed by atoms with Gasteiger partial charge < -0.3 is 10.2 Å². The van der Waals surface area contributed by atoms with Gasteiger partial charge in [0.2, 0.25) is 0 Å². The zero-order valence-corrected chi connectivity index (χ0v) is 13.2. The first-order valence-corrected chi connectivity index (χ1v) is 6.92. The molecular formula is C14H9N7O6. The molecule has 136 valence electrons. The number of non-ortho nitro benzene ring substituents is 2. The Hall–Kier alpha value is -4.60. The number of phenolic OH excluding ortho intramolecular Hbond substituents is 2. The Morgan fingerprint density at radius 1 is 1.04 bits per heavy atom. The summed E-state index contributed by atoms with van der Waals surface area (Å²) in [6.07, 6.45) is 0. The van der Waals surface area contributed by atoms with Gasteiger partial charge in [0.25, 0.3) is 17.2 Å². The van der Waals surface area contributed by atoms with Gasteiger partial charge in [-0.05, 0) is 12.1 Å². The fourth-order valence-corrected chi connectivity index (χ4v) is 1.72. The van der Waals surface area contributed by atoms with Crippen molar-refractivity contribution in [2.24, 2.45) is 15.3 Å². The number of azo groups is 1. The fourth-order valence-electron chi connectivity index (χ4n) is 1.72. The van der Waals surface area contributed by atoms with Crippen molar-refractivity contribution in [3.8, 4) is 17.6 Å². The molecule has 27 heavy (non-hydrogen) atoms. The molecule has 0 spiro atoms. The van der Waals surface area contributed by atoms with E-state index in [0.717, 1.165) is 36.4 Å². The summed E-state index contributed by atoms with van der Waals surface area (Å²) in [4.78, 5) is 20.1. The topological polar surface area (TPSA) is 200 Å². The van der Waals surface area contributed by atoms with E-state index < -0.39 is 21.4 Å². The molecule has 0 unspecified atom stereocenters. The lowest BCUT2D eigenvalue weighted by Crippen LogP contribution is -1.97. The second kappa shape index (κ2) is 7.98. The van der Waals surface area contributed by atoms with E-state index in [1.165, 1.54) is 0 Å². The van der Waals surface area contributed by atoms with Crippen LogP contribution in [0.5, 0.6) is 11.5 Å². The zero-order chi connectivity index (χ0) is 20.0. The van der Waals surface area contributed by atoms with E-state index in [1.807, 2.05) is 0 Å². The van der Waals surface area contributed by atoms with Crippen LogP contribution in [0.3, 0.4) is 0 Å². The first kappa shape index (κ1) is 18.7. The number of aromatic hydroxyl groups is 2. The third-order valence-corrected chi connectivity index (χ3v) is 3.00. The van der Waals surface area contributed by atoms with E-state index in [1.54, 1.807) is 6.07 Å². The van der Waals surface area contributed by atoms with Crippen molar-refractivity contribution in [3.63, 3.8) is 0 Å². The van der Waals surface area contributed by atoms with Gasteiger partial charge in [-0.3, -0.25) is 25.7 Å². The Morgan fingerprint density at radius 3 is 2.22 bits per heavy atom. The van der Waals surface area contributed by atoms with Crippen molar-refractivity contribution < 1.29 is 20.1 Å². The molecule has 2 aromatic rings. The van der Waals surface area contributed by atoms with Gasteiger partial charge in [0.1, 0.15) is 28.9 Å². The van der Waals surface area contributed by atoms with Crippen LogP contribution in [-0.2, 0) is 0 Å². The van der Waals surface area contributed by atoms with Crippen LogP contribution in [0.4, 0.5) is 22.7 Å². The zero-order valence-electron chi connectivity index (χ0n) is 13.2. The number of nitrogens with zero attached hydrogens (tertiary/aromatic N) is 6. The summed E-state index contributed by atoms with van der Waals surface area (Å²) in [6.45, 7) is 0. The van der Waals surface area contributed by atoms with Crippen LogP contribution < -0.4 is 5.43 Å². The van der Waals surface area contributed by atoms with Crippen LogP contribution in [0.25, 0.3) is 0 Å². The van der Waals surface area contributed by atoms with Crippen LogP contribution in [-0.4, -0.2) is 25.9 Å². The normalized spacial score (nSPS) is 11.1. The summed E-state index contributed by atoms with van der Waals surface area (Å²) in [6, 6.07) is 7.70. The molecule has 0 bridgehead atoms. The third-order valence-electron chi connectivity index (χ3n) is 3.00. The quantitative estimate of drug-likeness (QED) is 0.178. The number of hydrogen-bond acceptors (Lipinski definition) is 10. The molecule has 0 amide bonds. The first-order chi connectivity index (χ1) is 12.8. The van der Waals surface area contributed by atoms with Crippen LogP contribution >= 0.6 is 0 Å². The van der Waals surface area contributed by atoms with E-state index in [-0.39, 0.29) is 28.5 Å². The van der Waals surface area contributed by atoms with Gasteiger partial charge in [0.15, 0.2) is 0 Å². The number of nitrogens with one attached hydrogen (secondary N) is 1. The number of hydrogen-bond donors (Lipinski definition) is 3. The van der Waals surface area contributed by atoms with Gasteiger partial charge in [-0.1, -0.05) is 0 Å². The maximum atomic E-state index is 10.7. The Bertz CT molecular complexity index is 1010. The van der Waals surface area contributed by atoms with Gasteiger partial charge in [-0.15, -0.1) is 15.3 Å². The maximum absolute atomic E-state index is 10.7. The number of hydrazone groups is 1. The number of nitro groups is 2. The number of rotatable bonds is 5. The molecule has 0 radical (unpaired) electrons. The highest BCUT2D eigenvalue weighted by atomic mass is 16.6. The van der Waals surface area contributed by atoms with Crippen LogP contribution in [0.2, 0.25) is 0 Å². The number of nitro benzene ring substituents is 2. The van der Waals surface area contributed by atoms with Crippen molar-refractivity contribution in [2.45, 2.75) is 0 Å². The molecule has 0 aromatic heterocycles. The Balaban J connectivity index is 2.26. The van der Waals surface area contributed by atoms with E-state index in [9.17, 15) is 30.4 Å². The van der Waals surface area contributed by atoms with Crippen LogP contribution in [0.1, 0.15) is 0 Å². The smallest absolute Gasteiger partial charge is 0.271 e. The average Bonchev–Trinajstić information content (AvgIpc) is 2.63. The molecule has 13 nitrogen and oxygen atoms in total. The summed E-state index contributed by atoms with van der Waals surface area (Å²) in [5, 5.41) is 60.2. The average molecular weight is 371 g/mol. The Kier molecular flexibility index (Phi) is 5.54. The van der Waals surface area contributed by atoms with E-state index in [4.69, 9.17) is 5.26 Å². The predicted molar refractivity (Wildman–Crippen MR) is 90.7 cm³/mol. The van der Waals surface area contributed by atoms with Gasteiger partial charge in [-0.2, -0.15) is 5.26 Å². The van der Waals surface area contributed by atoms with Gasteiger partial charge in [-0.25, -0.2) is 0 Å². The molecule has 0 aliphatic carbocycles. The van der Waals surface area contributed by atoms with E-state index >= 15 is 0 Å². The minimum Gasteiger partial charge on any atom is -0.506 e. The van der Waals surface area contributed by atoms with Gasteiger partial charge in [0.05, 0.1) is 9.85 Å². The van der Waals surface area contributed by atoms with Crippen molar-refractivity contribution in [3.05, 3.63) is 56.6 Å². The molecule has 0 aliphatic heterocycles. The van der Waals surface area contributed by atoms with Crippen molar-refractivity contribution in [2.75, 3.05) is 5.43 Å². The fraction of sp³-hybridized carbons (Fsp3) is 0. The highest BCUT2D eigenvalue weighted by Crippen LogP contribution is 2.31. The third kappa shape index (κ3) is 4.70. The molecule has 13 heteroatoms. The second-order valence-electron chi connectivity index (χ2n) is 4.75. The summed E-state index contributed by atoms with van der Waals surface area (Å²) in [7, 11) is 0. The predicted octanol–water partition coefficient (Wildman–Crippen LogP) is 2.95. The SMILES string of the molecule is N#CC(N=Nc1cc([N+](=O)[O-])ccc1O)=NNc1cc([N+](=O)[O-])ccc1O. The number of benzene rings is 2. The van der Waals surface area contributed by atoms with Crippen LogP contribution in [0, 0.1) is 31.6 Å². The van der Waals surface area contributed by atoms with Crippen molar-refractivity contribution >= 4 is 28.6 Å². The Morgan fingerprint density at radius 2 is 1.63 bits per heavy atom. The molecular weight excluding hydrogens is 362 g/mol. The molecule has 0 saturated carbocycles. The van der Waals surface area contributed by atoms with E-state index in [2.05, 4.69) is 20.8 Å². The summed E-state index contributed by atoms with van der Waals surface area (Å²) < 4.78 is 0.